The normalized spacial score (nSPS) is 16.3. The first-order valence-electron chi connectivity index (χ1n) is 43.6. The molecule has 0 aromatic heterocycles. The first-order valence-corrected chi connectivity index (χ1v) is 43.6. The van der Waals surface area contributed by atoms with Gasteiger partial charge in [0.25, 0.3) is 0 Å². The first-order chi connectivity index (χ1) is 69.9. The molecular weight excluding hydrogens is 2100 g/mol. The number of ether oxygens (including phenoxy) is 12. The summed E-state index contributed by atoms with van der Waals surface area (Å²) < 4.78 is 419. The number of aliphatic hydroxyl groups is 1. The number of alkyl halides is 28. The maximum Gasteiger partial charge on any atom is 0.470 e. The van der Waals surface area contributed by atoms with Gasteiger partial charge in [-0.15, -0.1) is 0 Å². The number of methoxy groups -OCH3 is 2. The monoisotopic (exact) mass is 2180 g/mol. The van der Waals surface area contributed by atoms with Crippen LogP contribution in [0.3, 0.4) is 0 Å². The number of aliphatic hydroxyl groups excluding tert-OH is 1. The summed E-state index contributed by atoms with van der Waals surface area (Å²) in [6.45, 7) is 3.60. The van der Waals surface area contributed by atoms with E-state index in [1.165, 1.54) is 43.5 Å². The Morgan fingerprint density at radius 2 is 0.727 bits per heavy atom. The number of carbonyl (C=O) groups is 5. The molecule has 14 rings (SSSR count). The van der Waals surface area contributed by atoms with Gasteiger partial charge in [-0.2, -0.15) is 195 Å². The van der Waals surface area contributed by atoms with E-state index in [2.05, 4.69) is 135 Å². The minimum Gasteiger partial charge on any atom is -0.491 e. The van der Waals surface area contributed by atoms with Gasteiger partial charge in [-0.25, -0.2) is 14.4 Å². The van der Waals surface area contributed by atoms with Crippen molar-refractivity contribution in [2.24, 2.45) is 71.6 Å². The van der Waals surface area contributed by atoms with Crippen molar-refractivity contribution in [3.63, 3.8) is 0 Å². The molecule has 0 bridgehead atoms. The molecule has 7 aliphatic heterocycles. The lowest BCUT2D eigenvalue weighted by Gasteiger charge is -2.34. The molecule has 32 nitrogen and oxygen atoms in total. The molecule has 7 aliphatic rings. The number of fused-ring (bicyclic) bond motifs is 7. The fourth-order valence-corrected chi connectivity index (χ4v) is 12.5. The molecule has 7 heterocycles. The minimum absolute atomic E-state index is 0.0247. The summed E-state index contributed by atoms with van der Waals surface area (Å²) in [7, 11) is -0.152. The van der Waals surface area contributed by atoms with Gasteiger partial charge in [-0.1, -0.05) is 57.5 Å². The number of ketones is 1. The minimum atomic E-state index is -6.49. The van der Waals surface area contributed by atoms with E-state index in [0.717, 1.165) is 113 Å². The van der Waals surface area contributed by atoms with E-state index in [9.17, 15) is 152 Å². The fraction of sp³-hybridized carbons (Fsp3) is 0.478. The Morgan fingerprint density at radius 3 is 1.12 bits per heavy atom. The average Bonchev–Trinajstić information content (AvgIpc) is 1.01. The third-order valence-corrected chi connectivity index (χ3v) is 20.7. The lowest BCUT2D eigenvalue weighted by Crippen LogP contribution is -2.60. The Morgan fingerprint density at radius 1 is 0.353 bits per heavy atom. The summed E-state index contributed by atoms with van der Waals surface area (Å²) >= 11 is 0. The number of halogens is 28. The van der Waals surface area contributed by atoms with Gasteiger partial charge in [0, 0.05) is 73.1 Å². The van der Waals surface area contributed by atoms with Crippen molar-refractivity contribution in [1.82, 2.24) is 0 Å². The van der Waals surface area contributed by atoms with E-state index in [1.807, 2.05) is 50.2 Å². The van der Waals surface area contributed by atoms with Crippen molar-refractivity contribution in [3.05, 3.63) is 200 Å². The largest absolute Gasteiger partial charge is 0.491 e. The highest BCUT2D eigenvalue weighted by Crippen LogP contribution is 2.52. The molecule has 60 heteroatoms. The molecule has 0 aliphatic carbocycles. The molecule has 820 valence electrons. The van der Waals surface area contributed by atoms with Gasteiger partial charge < -0.3 is 61.9 Å². The predicted molar refractivity (Wildman–Crippen MR) is 458 cm³/mol. The van der Waals surface area contributed by atoms with E-state index in [0.29, 0.717) is 68.3 Å². The van der Waals surface area contributed by atoms with Crippen LogP contribution in [0.4, 0.5) is 163 Å². The summed E-state index contributed by atoms with van der Waals surface area (Å²) in [4.78, 5) is 58.1. The van der Waals surface area contributed by atoms with Crippen LogP contribution in [-0.4, -0.2) is 192 Å². The molecule has 0 amide bonds. The highest BCUT2D eigenvalue weighted by atomic mass is 19.4. The number of Topliss-reactive ketones (excluding diaryl/α,β-unsaturated/α-hetero) is 1. The molecular formula is C90H86F28N14O18. The zero-order chi connectivity index (χ0) is 112. The number of esters is 4. The molecule has 7 atom stereocenters. The number of rotatable bonds is 36. The van der Waals surface area contributed by atoms with Crippen LogP contribution in [0.1, 0.15) is 141 Å². The standard InChI is InChI=1S/C18H14F12N2O4.C15H10F10N2O4.C14H12F6N2O3.C12H14N2O3.C11H14N2O2.C10H10N2O2.C10H12N2/c1-34-13(19,16(22,23)24)7-35-14(20,17(25,26)27)8-36-15(21,18(28,29)30)12(33)5-9-2-3-11-10(4-9)6-31-32-11;1-29-12(17,14(21,22)23)15(24,25)30-6-11(16,13(18,19)20)31-10(28)7-2-3-9-8(4-7)5-26-27-9;1-2-5-24-14(19,20)12(15,13(16,17)18)25-11(23)8-3-4-10-9(6-8)7-21-22-10;1-2-10(15)7-17-12(16)8-3-4-11-9(5-8)6-13-14-11;1-2-14-5-6-15-10-3-4-11-9(7-10)8-12-13-11;1-7(13)14-6-8-2-3-10-9(4-8)5-11-12-10;1-2-3-8-4-5-10-9(6-8)7-11-12-10/h2-4H,5-8H2,1H3;2-4H,5-6H2,1H3;3-4,6H,2,5,7H2,1H3;3-5,10,15H,2,6-7H2,1H3;3-4,7H,2,5-6,8H2,1H3;2-4H,5-6H2,1H3;4-6H,2-3,7H2,1H3. The van der Waals surface area contributed by atoms with Crippen molar-refractivity contribution >= 4 is 69.5 Å². The molecule has 1 N–H and O–H groups in total. The van der Waals surface area contributed by atoms with Crippen LogP contribution in [0.2, 0.25) is 0 Å². The van der Waals surface area contributed by atoms with Gasteiger partial charge >= 0.3 is 108 Å². The van der Waals surface area contributed by atoms with Crippen molar-refractivity contribution in [1.29, 1.82) is 0 Å². The average molecular weight is 2180 g/mol. The second-order valence-electron chi connectivity index (χ2n) is 31.7. The predicted octanol–water partition coefficient (Wildman–Crippen LogP) is 26.1. The van der Waals surface area contributed by atoms with Crippen LogP contribution in [0.15, 0.2) is 199 Å². The molecule has 0 radical (unpaired) electrons. The van der Waals surface area contributed by atoms with Crippen LogP contribution >= 0.6 is 0 Å². The summed E-state index contributed by atoms with van der Waals surface area (Å²) in [5.41, 5.74) is 11.3. The van der Waals surface area contributed by atoms with Crippen molar-refractivity contribution in [2.75, 3.05) is 67.1 Å². The summed E-state index contributed by atoms with van der Waals surface area (Å²) in [5, 5.41) is 62.5. The number of hydrogen-bond acceptors (Lipinski definition) is 32. The Hall–Kier alpha value is -13.2. The number of hydrogen-bond donors (Lipinski definition) is 1. The quantitative estimate of drug-likeness (QED) is 0.0165. The van der Waals surface area contributed by atoms with Crippen molar-refractivity contribution < 1.29 is 209 Å². The number of benzene rings is 7. The lowest BCUT2D eigenvalue weighted by atomic mass is 10.0. The van der Waals surface area contributed by atoms with Crippen LogP contribution in [0.5, 0.6) is 5.75 Å². The zero-order valence-corrected chi connectivity index (χ0v) is 78.8. The van der Waals surface area contributed by atoms with E-state index < -0.39 is 158 Å². The van der Waals surface area contributed by atoms with E-state index in [-0.39, 0.29) is 75.4 Å². The Kier molecular flexibility index (Phi) is 41.6. The third kappa shape index (κ3) is 31.5. The Bertz CT molecular complexity index is 6080. The number of aryl methyl sites for hydroxylation is 1. The molecule has 7 unspecified atom stereocenters. The maximum atomic E-state index is 14.7. The molecule has 7 aromatic rings. The smallest absolute Gasteiger partial charge is 0.470 e. The van der Waals surface area contributed by atoms with Gasteiger partial charge in [0.1, 0.15) is 45.4 Å². The van der Waals surface area contributed by atoms with Gasteiger partial charge in [0.2, 0.25) is 5.78 Å². The highest BCUT2D eigenvalue weighted by Gasteiger charge is 2.78. The number of azo groups is 7. The molecule has 0 spiro atoms. The van der Waals surface area contributed by atoms with Crippen LogP contribution in [-0.2, 0) is 127 Å². The molecule has 7 aromatic carbocycles. The van der Waals surface area contributed by atoms with Gasteiger partial charge in [-0.3, -0.25) is 9.59 Å². The third-order valence-electron chi connectivity index (χ3n) is 20.7. The maximum absolute atomic E-state index is 14.7. The van der Waals surface area contributed by atoms with E-state index >= 15 is 0 Å². The summed E-state index contributed by atoms with van der Waals surface area (Å²) in [6.07, 6.45) is -48.7. The highest BCUT2D eigenvalue weighted by molar-refractivity contribution is 5.92. The van der Waals surface area contributed by atoms with E-state index in [1.54, 1.807) is 18.2 Å². The SMILES string of the molecule is CC(=O)OCc1ccc2c(c1)CN=N2.CCC(O)COC(=O)c1ccc2c(c1)CN=N2.CCCOC(F)(F)C(F)(OC(=O)c1ccc2c(c1)CN=N2)C(F)(F)F.CCCc1ccc2c(c1)CN=N2.CCOCCOc1ccc2c(c1)CN=N2.COC(F)(C(F)(F)F)C(F)(F)OCC(F)(OC(=O)c1ccc2c(c1)CN=N2)C(F)(F)F.COC(F)(COC(F)(COC(F)(C(=O)Cc1ccc2c(c1)CN=N2)C(F)(F)F)C(F)(F)F)C(F)(F)F. The van der Waals surface area contributed by atoms with Crippen molar-refractivity contribution in [3.8, 4) is 5.75 Å². The van der Waals surface area contributed by atoms with Gasteiger partial charge in [-0.05, 0) is 140 Å². The second-order valence-corrected chi connectivity index (χ2v) is 31.7. The zero-order valence-electron chi connectivity index (χ0n) is 78.8. The van der Waals surface area contributed by atoms with Crippen LogP contribution in [0.25, 0.3) is 0 Å². The Labute approximate surface area is 829 Å². The van der Waals surface area contributed by atoms with Crippen LogP contribution in [0, 0.1) is 0 Å². The Balaban J connectivity index is 0.000000220. The second kappa shape index (κ2) is 51.1. The van der Waals surface area contributed by atoms with E-state index in [4.69, 9.17) is 18.9 Å². The molecule has 0 fully saturated rings. The van der Waals surface area contributed by atoms with Crippen LogP contribution < -0.4 is 4.74 Å². The lowest BCUT2D eigenvalue weighted by molar-refractivity contribution is -0.464. The fourth-order valence-electron chi connectivity index (χ4n) is 12.5. The number of carbonyl (C=O) groups excluding carboxylic acids is 5. The summed E-state index contributed by atoms with van der Waals surface area (Å²) in [6, 6.07) is 32.6. The number of nitrogens with zero attached hydrogens (tertiary/aromatic N) is 14. The summed E-state index contributed by atoms with van der Waals surface area (Å²) in [5.74, 6) is -39.5. The van der Waals surface area contributed by atoms with Crippen molar-refractivity contribution in [2.45, 2.75) is 210 Å². The van der Waals surface area contributed by atoms with Gasteiger partial charge in [0.15, 0.2) is 0 Å². The topological polar surface area (TPSA) is 389 Å². The molecule has 0 saturated carbocycles. The molecule has 150 heavy (non-hydrogen) atoms. The molecule has 0 saturated heterocycles. The van der Waals surface area contributed by atoms with Gasteiger partial charge in [0.05, 0.1) is 122 Å². The first kappa shape index (κ1) is 122.